The van der Waals surface area contributed by atoms with Crippen molar-refractivity contribution in [1.82, 2.24) is 4.98 Å². The Balaban J connectivity index is 1.77. The number of piperazine rings is 1. The Labute approximate surface area is 133 Å². The van der Waals surface area contributed by atoms with Crippen LogP contribution in [0.5, 0.6) is 0 Å². The molecule has 1 aliphatic heterocycles. The summed E-state index contributed by atoms with van der Waals surface area (Å²) in [4.78, 5) is 30.1. The third-order valence-corrected chi connectivity index (χ3v) is 3.93. The monoisotopic (exact) mass is 312 g/mol. The van der Waals surface area contributed by atoms with Crippen LogP contribution in [0.4, 0.5) is 17.2 Å². The lowest BCUT2D eigenvalue weighted by Crippen LogP contribution is -2.47. The van der Waals surface area contributed by atoms with Crippen molar-refractivity contribution >= 4 is 23.5 Å². The summed E-state index contributed by atoms with van der Waals surface area (Å²) >= 11 is 0. The van der Waals surface area contributed by atoms with Gasteiger partial charge in [0, 0.05) is 44.0 Å². The molecule has 23 heavy (non-hydrogen) atoms. The second kappa shape index (κ2) is 6.43. The Hall–Kier alpha value is -2.96. The van der Waals surface area contributed by atoms with E-state index < -0.39 is 4.92 Å². The largest absolute Gasteiger partial charge is 0.362 e. The average Bonchev–Trinajstić information content (AvgIpc) is 2.62. The van der Waals surface area contributed by atoms with Gasteiger partial charge in [-0.25, -0.2) is 4.98 Å². The van der Waals surface area contributed by atoms with Crippen LogP contribution in [0.15, 0.2) is 42.6 Å². The number of nitro groups is 1. The third-order valence-electron chi connectivity index (χ3n) is 3.93. The summed E-state index contributed by atoms with van der Waals surface area (Å²) in [7, 11) is 0. The van der Waals surface area contributed by atoms with Crippen LogP contribution in [0.25, 0.3) is 0 Å². The van der Waals surface area contributed by atoms with Gasteiger partial charge in [-0.05, 0) is 24.3 Å². The molecule has 0 N–H and O–H groups in total. The standard InChI is InChI=1S/C16H16N4O3/c21-12-13-4-5-14(15(11-13)20(22)23)18-7-9-19(10-8-18)16-3-1-2-6-17-16/h1-6,11-12H,7-10H2. The van der Waals surface area contributed by atoms with Gasteiger partial charge in [0.2, 0.25) is 0 Å². The van der Waals surface area contributed by atoms with Crippen molar-refractivity contribution in [1.29, 1.82) is 0 Å². The number of pyridine rings is 1. The molecule has 0 amide bonds. The zero-order chi connectivity index (χ0) is 16.2. The Morgan fingerprint density at radius 2 is 1.83 bits per heavy atom. The molecular formula is C16H16N4O3. The highest BCUT2D eigenvalue weighted by molar-refractivity contribution is 5.79. The zero-order valence-electron chi connectivity index (χ0n) is 12.5. The molecule has 0 unspecified atom stereocenters. The third kappa shape index (κ3) is 3.13. The summed E-state index contributed by atoms with van der Waals surface area (Å²) in [5.74, 6) is 0.915. The molecule has 0 atom stereocenters. The summed E-state index contributed by atoms with van der Waals surface area (Å²) in [5, 5.41) is 11.3. The number of rotatable bonds is 4. The van der Waals surface area contributed by atoms with E-state index in [1.54, 1.807) is 18.3 Å². The molecule has 7 heteroatoms. The molecule has 0 radical (unpaired) electrons. The van der Waals surface area contributed by atoms with E-state index in [-0.39, 0.29) is 5.69 Å². The number of carbonyl (C=O) groups excluding carboxylic acids is 1. The van der Waals surface area contributed by atoms with E-state index in [1.165, 1.54) is 6.07 Å². The maximum absolute atomic E-state index is 11.3. The van der Waals surface area contributed by atoms with Crippen LogP contribution in [-0.4, -0.2) is 42.4 Å². The normalized spacial score (nSPS) is 14.6. The predicted molar refractivity (Wildman–Crippen MR) is 87.1 cm³/mol. The average molecular weight is 312 g/mol. The number of nitro benzene ring substituents is 1. The minimum atomic E-state index is -0.437. The van der Waals surface area contributed by atoms with Gasteiger partial charge in [-0.2, -0.15) is 0 Å². The van der Waals surface area contributed by atoms with Crippen LogP contribution in [-0.2, 0) is 0 Å². The molecule has 2 heterocycles. The number of aromatic nitrogens is 1. The molecule has 1 aromatic carbocycles. The van der Waals surface area contributed by atoms with Gasteiger partial charge in [-0.3, -0.25) is 14.9 Å². The van der Waals surface area contributed by atoms with Crippen LogP contribution in [0.3, 0.4) is 0 Å². The maximum Gasteiger partial charge on any atom is 0.293 e. The van der Waals surface area contributed by atoms with E-state index in [0.29, 0.717) is 30.6 Å². The number of nitrogens with zero attached hydrogens (tertiary/aromatic N) is 4. The van der Waals surface area contributed by atoms with E-state index >= 15 is 0 Å². The van der Waals surface area contributed by atoms with Crippen molar-refractivity contribution in [2.45, 2.75) is 0 Å². The van der Waals surface area contributed by atoms with Crippen LogP contribution >= 0.6 is 0 Å². The van der Waals surface area contributed by atoms with Gasteiger partial charge in [0.1, 0.15) is 17.8 Å². The van der Waals surface area contributed by atoms with Crippen LogP contribution < -0.4 is 9.80 Å². The first kappa shape index (κ1) is 15.0. The number of anilines is 2. The summed E-state index contributed by atoms with van der Waals surface area (Å²) < 4.78 is 0. The minimum absolute atomic E-state index is 0.0270. The van der Waals surface area contributed by atoms with Crippen molar-refractivity contribution in [3.8, 4) is 0 Å². The molecule has 1 aromatic heterocycles. The molecule has 0 aliphatic carbocycles. The topological polar surface area (TPSA) is 79.6 Å². The van der Waals surface area contributed by atoms with Crippen LogP contribution in [0.2, 0.25) is 0 Å². The van der Waals surface area contributed by atoms with Crippen molar-refractivity contribution in [3.05, 3.63) is 58.3 Å². The van der Waals surface area contributed by atoms with E-state index in [2.05, 4.69) is 9.88 Å². The smallest absolute Gasteiger partial charge is 0.293 e. The fraction of sp³-hybridized carbons (Fsp3) is 0.250. The highest BCUT2D eigenvalue weighted by Crippen LogP contribution is 2.30. The summed E-state index contributed by atoms with van der Waals surface area (Å²) in [6.07, 6.45) is 2.38. The Morgan fingerprint density at radius 3 is 2.43 bits per heavy atom. The molecule has 0 saturated carbocycles. The predicted octanol–water partition coefficient (Wildman–Crippen LogP) is 2.13. The van der Waals surface area contributed by atoms with Crippen molar-refractivity contribution in [3.63, 3.8) is 0 Å². The van der Waals surface area contributed by atoms with E-state index in [9.17, 15) is 14.9 Å². The van der Waals surface area contributed by atoms with E-state index in [1.807, 2.05) is 23.1 Å². The second-order valence-corrected chi connectivity index (χ2v) is 5.29. The van der Waals surface area contributed by atoms with Crippen molar-refractivity contribution < 1.29 is 9.72 Å². The summed E-state index contributed by atoms with van der Waals surface area (Å²) in [6, 6.07) is 10.4. The molecule has 7 nitrogen and oxygen atoms in total. The maximum atomic E-state index is 11.3. The molecule has 1 fully saturated rings. The molecule has 1 saturated heterocycles. The van der Waals surface area contributed by atoms with Crippen LogP contribution in [0, 0.1) is 10.1 Å². The molecule has 2 aromatic rings. The lowest BCUT2D eigenvalue weighted by Gasteiger charge is -2.36. The SMILES string of the molecule is O=Cc1ccc(N2CCN(c3ccccn3)CC2)c([N+](=O)[O-])c1. The number of hydrogen-bond donors (Lipinski definition) is 0. The molecule has 1 aliphatic rings. The highest BCUT2D eigenvalue weighted by Gasteiger charge is 2.24. The lowest BCUT2D eigenvalue weighted by molar-refractivity contribution is -0.384. The van der Waals surface area contributed by atoms with Gasteiger partial charge in [0.05, 0.1) is 4.92 Å². The Kier molecular flexibility index (Phi) is 4.18. The van der Waals surface area contributed by atoms with E-state index in [0.717, 1.165) is 18.9 Å². The number of carbonyl (C=O) groups is 1. The quantitative estimate of drug-likeness (QED) is 0.489. The molecule has 3 rings (SSSR count). The minimum Gasteiger partial charge on any atom is -0.362 e. The van der Waals surface area contributed by atoms with Gasteiger partial charge < -0.3 is 9.80 Å². The van der Waals surface area contributed by atoms with Crippen molar-refractivity contribution in [2.24, 2.45) is 0 Å². The van der Waals surface area contributed by atoms with Gasteiger partial charge in [0.15, 0.2) is 0 Å². The Morgan fingerprint density at radius 1 is 1.09 bits per heavy atom. The highest BCUT2D eigenvalue weighted by atomic mass is 16.6. The zero-order valence-corrected chi connectivity index (χ0v) is 12.5. The summed E-state index contributed by atoms with van der Waals surface area (Å²) in [6.45, 7) is 2.81. The van der Waals surface area contributed by atoms with Gasteiger partial charge in [-0.15, -0.1) is 0 Å². The molecular weight excluding hydrogens is 296 g/mol. The van der Waals surface area contributed by atoms with E-state index in [4.69, 9.17) is 0 Å². The second-order valence-electron chi connectivity index (χ2n) is 5.29. The molecule has 118 valence electrons. The van der Waals surface area contributed by atoms with Gasteiger partial charge in [0.25, 0.3) is 5.69 Å². The summed E-state index contributed by atoms with van der Waals surface area (Å²) in [5.41, 5.74) is 0.842. The molecule has 0 spiro atoms. The molecule has 0 bridgehead atoms. The lowest BCUT2D eigenvalue weighted by atomic mass is 10.1. The Bertz CT molecular complexity index is 713. The van der Waals surface area contributed by atoms with Crippen molar-refractivity contribution in [2.75, 3.05) is 36.0 Å². The van der Waals surface area contributed by atoms with Crippen LogP contribution in [0.1, 0.15) is 10.4 Å². The van der Waals surface area contributed by atoms with Gasteiger partial charge >= 0.3 is 0 Å². The number of aldehydes is 1. The first-order chi connectivity index (χ1) is 11.2. The number of benzene rings is 1. The fourth-order valence-electron chi connectivity index (χ4n) is 2.74. The number of hydrogen-bond acceptors (Lipinski definition) is 6. The first-order valence-electron chi connectivity index (χ1n) is 7.33. The first-order valence-corrected chi connectivity index (χ1v) is 7.33. The van der Waals surface area contributed by atoms with Gasteiger partial charge in [-0.1, -0.05) is 6.07 Å². The fourth-order valence-corrected chi connectivity index (χ4v) is 2.74.